The van der Waals surface area contributed by atoms with Crippen molar-refractivity contribution in [2.45, 2.75) is 33.8 Å². The number of carbonyl (C=O) groups is 3. The highest BCUT2D eigenvalue weighted by atomic mass is 79.9. The number of esters is 1. The van der Waals surface area contributed by atoms with Crippen LogP contribution >= 0.6 is 27.7 Å². The molecule has 0 N–H and O–H groups in total. The maximum atomic E-state index is 12.6. The van der Waals surface area contributed by atoms with Crippen LogP contribution in [-0.4, -0.2) is 47.9 Å². The number of amides is 2. The van der Waals surface area contributed by atoms with Gasteiger partial charge < -0.3 is 14.2 Å². The molecule has 0 aliphatic carbocycles. The van der Waals surface area contributed by atoms with Gasteiger partial charge in [0.25, 0.3) is 11.1 Å². The van der Waals surface area contributed by atoms with E-state index in [2.05, 4.69) is 15.9 Å². The average molecular weight is 472 g/mol. The highest BCUT2D eigenvalue weighted by Gasteiger charge is 2.37. The van der Waals surface area contributed by atoms with Crippen LogP contribution in [0.3, 0.4) is 0 Å². The minimum absolute atomic E-state index is 0.217. The van der Waals surface area contributed by atoms with Crippen molar-refractivity contribution in [3.63, 3.8) is 0 Å². The lowest BCUT2D eigenvalue weighted by Crippen LogP contribution is -2.35. The summed E-state index contributed by atoms with van der Waals surface area (Å²) in [4.78, 5) is 37.6. The maximum absolute atomic E-state index is 12.6. The lowest BCUT2D eigenvalue weighted by Gasteiger charge is -2.14. The van der Waals surface area contributed by atoms with Crippen molar-refractivity contribution < 1.29 is 28.6 Å². The number of hydrogen-bond donors (Lipinski definition) is 0. The lowest BCUT2D eigenvalue weighted by molar-refractivity contribution is -0.149. The largest absolute Gasteiger partial charge is 0.490 e. The molecule has 0 radical (unpaired) electrons. The van der Waals surface area contributed by atoms with Gasteiger partial charge in [-0.15, -0.1) is 0 Å². The Morgan fingerprint density at radius 2 is 1.79 bits per heavy atom. The van der Waals surface area contributed by atoms with Crippen molar-refractivity contribution in [3.05, 3.63) is 27.1 Å². The second-order valence-corrected chi connectivity index (χ2v) is 7.84. The molecule has 152 valence electrons. The molecular weight excluding hydrogens is 450 g/mol. The van der Waals surface area contributed by atoms with Crippen LogP contribution in [0.5, 0.6) is 11.5 Å². The molecule has 0 unspecified atom stereocenters. The Morgan fingerprint density at radius 1 is 1.18 bits per heavy atom. The summed E-state index contributed by atoms with van der Waals surface area (Å²) in [5.41, 5.74) is 0.655. The van der Waals surface area contributed by atoms with Gasteiger partial charge in [-0.1, -0.05) is 15.9 Å². The van der Waals surface area contributed by atoms with Gasteiger partial charge in [-0.05, 0) is 63.2 Å². The van der Waals surface area contributed by atoms with E-state index in [1.807, 2.05) is 13.8 Å². The van der Waals surface area contributed by atoms with Crippen molar-refractivity contribution in [3.8, 4) is 11.5 Å². The molecule has 28 heavy (non-hydrogen) atoms. The molecule has 0 atom stereocenters. The fourth-order valence-electron chi connectivity index (χ4n) is 2.40. The first kappa shape index (κ1) is 22.3. The van der Waals surface area contributed by atoms with E-state index in [9.17, 15) is 14.4 Å². The van der Waals surface area contributed by atoms with Crippen LogP contribution in [0.15, 0.2) is 21.5 Å². The zero-order chi connectivity index (χ0) is 20.8. The van der Waals surface area contributed by atoms with Crippen LogP contribution in [0, 0.1) is 0 Å². The number of carbonyl (C=O) groups excluding carboxylic acids is 3. The summed E-state index contributed by atoms with van der Waals surface area (Å²) in [5, 5.41) is -0.510. The molecule has 1 aliphatic heterocycles. The Kier molecular flexibility index (Phi) is 7.94. The van der Waals surface area contributed by atoms with Crippen molar-refractivity contribution in [2.24, 2.45) is 0 Å². The standard InChI is InChI=1S/C19H22BrNO6S/c1-5-25-14-7-12(13(20)9-15(14)26-6-2)8-16-18(23)21(19(24)28-16)10-17(22)27-11(3)4/h7-9,11H,5-6,10H2,1-4H3/b16-8+. The number of halogens is 1. The van der Waals surface area contributed by atoms with Gasteiger partial charge in [0.1, 0.15) is 6.54 Å². The quantitative estimate of drug-likeness (QED) is 0.414. The van der Waals surface area contributed by atoms with Crippen LogP contribution in [0.25, 0.3) is 6.08 Å². The van der Waals surface area contributed by atoms with Crippen molar-refractivity contribution >= 4 is 50.9 Å². The smallest absolute Gasteiger partial charge is 0.326 e. The second kappa shape index (κ2) is 9.97. The molecule has 2 amide bonds. The van der Waals surface area contributed by atoms with Crippen molar-refractivity contribution in [1.29, 1.82) is 0 Å². The molecule has 2 rings (SSSR count). The highest BCUT2D eigenvalue weighted by molar-refractivity contribution is 9.10. The number of ether oxygens (including phenoxy) is 3. The number of rotatable bonds is 8. The predicted octanol–water partition coefficient (Wildman–Crippen LogP) is 4.23. The third-order valence-electron chi connectivity index (χ3n) is 3.48. The Labute approximate surface area is 176 Å². The average Bonchev–Trinajstić information content (AvgIpc) is 2.86. The first-order valence-electron chi connectivity index (χ1n) is 8.80. The van der Waals surface area contributed by atoms with Crippen LogP contribution < -0.4 is 9.47 Å². The molecule has 7 nitrogen and oxygen atoms in total. The van der Waals surface area contributed by atoms with E-state index >= 15 is 0 Å². The Bertz CT molecular complexity index is 808. The van der Waals surface area contributed by atoms with Gasteiger partial charge in [-0.3, -0.25) is 19.3 Å². The molecule has 1 heterocycles. The van der Waals surface area contributed by atoms with Gasteiger partial charge in [0, 0.05) is 4.47 Å². The Balaban J connectivity index is 2.27. The number of benzene rings is 1. The summed E-state index contributed by atoms with van der Waals surface area (Å²) in [5.74, 6) is -0.0367. The molecule has 0 saturated carbocycles. The molecular formula is C19H22BrNO6S. The lowest BCUT2D eigenvalue weighted by atomic mass is 10.2. The number of nitrogens with zero attached hydrogens (tertiary/aromatic N) is 1. The molecule has 1 aromatic rings. The fraction of sp³-hybridized carbons (Fsp3) is 0.421. The van der Waals surface area contributed by atoms with Gasteiger partial charge >= 0.3 is 5.97 Å². The first-order valence-corrected chi connectivity index (χ1v) is 10.4. The fourth-order valence-corrected chi connectivity index (χ4v) is 3.67. The molecule has 0 bridgehead atoms. The van der Waals surface area contributed by atoms with Gasteiger partial charge in [-0.25, -0.2) is 0 Å². The predicted molar refractivity (Wildman–Crippen MR) is 110 cm³/mol. The van der Waals surface area contributed by atoms with Gasteiger partial charge in [0.15, 0.2) is 11.5 Å². The minimum atomic E-state index is -0.626. The number of hydrogen-bond acceptors (Lipinski definition) is 7. The van der Waals surface area contributed by atoms with E-state index < -0.39 is 23.7 Å². The second-order valence-electron chi connectivity index (χ2n) is 5.99. The summed E-state index contributed by atoms with van der Waals surface area (Å²) in [6.45, 7) is 7.66. The summed E-state index contributed by atoms with van der Waals surface area (Å²) < 4.78 is 16.9. The first-order chi connectivity index (χ1) is 13.3. The zero-order valence-electron chi connectivity index (χ0n) is 16.1. The molecule has 1 saturated heterocycles. The van der Waals surface area contributed by atoms with Crippen LogP contribution in [0.2, 0.25) is 0 Å². The van der Waals surface area contributed by atoms with E-state index in [1.54, 1.807) is 32.1 Å². The molecule has 1 fully saturated rings. The van der Waals surface area contributed by atoms with E-state index in [0.29, 0.717) is 34.7 Å². The third kappa shape index (κ3) is 5.51. The monoisotopic (exact) mass is 471 g/mol. The minimum Gasteiger partial charge on any atom is -0.490 e. The summed E-state index contributed by atoms with van der Waals surface area (Å²) >= 11 is 4.23. The van der Waals surface area contributed by atoms with Crippen molar-refractivity contribution in [1.82, 2.24) is 4.90 Å². The molecule has 0 aromatic heterocycles. The zero-order valence-corrected chi connectivity index (χ0v) is 18.5. The Morgan fingerprint density at radius 3 is 2.36 bits per heavy atom. The van der Waals surface area contributed by atoms with Gasteiger partial charge in [-0.2, -0.15) is 0 Å². The topological polar surface area (TPSA) is 82.1 Å². The normalized spacial score (nSPS) is 15.5. The third-order valence-corrected chi connectivity index (χ3v) is 5.07. The molecule has 1 aliphatic rings. The van der Waals surface area contributed by atoms with Gasteiger partial charge in [0.05, 0.1) is 24.2 Å². The van der Waals surface area contributed by atoms with Gasteiger partial charge in [0.2, 0.25) is 0 Å². The van der Waals surface area contributed by atoms with Crippen LogP contribution in [0.1, 0.15) is 33.3 Å². The maximum Gasteiger partial charge on any atom is 0.326 e. The van der Waals surface area contributed by atoms with E-state index in [4.69, 9.17) is 14.2 Å². The van der Waals surface area contributed by atoms with Crippen molar-refractivity contribution in [2.75, 3.05) is 19.8 Å². The number of imide groups is 1. The molecule has 1 aromatic carbocycles. The van der Waals surface area contributed by atoms with E-state index in [-0.39, 0.29) is 11.0 Å². The van der Waals surface area contributed by atoms with E-state index in [0.717, 1.165) is 16.7 Å². The molecule has 9 heteroatoms. The summed E-state index contributed by atoms with van der Waals surface area (Å²) in [7, 11) is 0. The summed E-state index contributed by atoms with van der Waals surface area (Å²) in [6.07, 6.45) is 1.26. The van der Waals surface area contributed by atoms with E-state index in [1.165, 1.54) is 0 Å². The highest BCUT2D eigenvalue weighted by Crippen LogP contribution is 2.38. The number of thioether (sulfide) groups is 1. The molecule has 0 spiro atoms. The SMILES string of the molecule is CCOc1cc(Br)c(/C=C2/SC(=O)N(CC(=O)OC(C)C)C2=O)cc1OCC. The Hall–Kier alpha value is -2.00. The summed E-state index contributed by atoms with van der Waals surface area (Å²) in [6, 6.07) is 3.49. The van der Waals surface area contributed by atoms with Crippen LogP contribution in [0.4, 0.5) is 4.79 Å². The van der Waals surface area contributed by atoms with Crippen LogP contribution in [-0.2, 0) is 14.3 Å².